The van der Waals surface area contributed by atoms with E-state index in [1.54, 1.807) is 13.2 Å². The van der Waals surface area contributed by atoms with Crippen LogP contribution in [0.1, 0.15) is 0 Å². The highest BCUT2D eigenvalue weighted by atomic mass is 19.1. The van der Waals surface area contributed by atoms with Crippen molar-refractivity contribution >= 4 is 17.1 Å². The Kier molecular flexibility index (Phi) is 3.37. The molecule has 0 amide bonds. The first-order valence-electron chi connectivity index (χ1n) is 5.54. The van der Waals surface area contributed by atoms with E-state index in [4.69, 9.17) is 10.5 Å². The van der Waals surface area contributed by atoms with Gasteiger partial charge in [0.2, 0.25) is 0 Å². The molecule has 0 saturated carbocycles. The van der Waals surface area contributed by atoms with Crippen LogP contribution in [-0.2, 0) is 0 Å². The van der Waals surface area contributed by atoms with E-state index in [2.05, 4.69) is 0 Å². The first-order chi connectivity index (χ1) is 8.60. The smallest absolute Gasteiger partial charge is 0.127 e. The van der Waals surface area contributed by atoms with Crippen molar-refractivity contribution < 1.29 is 9.13 Å². The van der Waals surface area contributed by atoms with Crippen molar-refractivity contribution in [1.29, 1.82) is 0 Å². The second-order valence-electron chi connectivity index (χ2n) is 4.00. The van der Waals surface area contributed by atoms with Crippen LogP contribution in [0.15, 0.2) is 42.5 Å². The molecule has 18 heavy (non-hydrogen) atoms. The summed E-state index contributed by atoms with van der Waals surface area (Å²) in [5.74, 6) is 0.406. The van der Waals surface area contributed by atoms with Gasteiger partial charge in [0.05, 0.1) is 7.11 Å². The van der Waals surface area contributed by atoms with Crippen LogP contribution in [0.2, 0.25) is 0 Å². The third-order valence-corrected chi connectivity index (χ3v) is 2.73. The third kappa shape index (κ3) is 2.53. The van der Waals surface area contributed by atoms with Gasteiger partial charge >= 0.3 is 0 Å². The molecule has 2 aromatic rings. The Morgan fingerprint density at radius 3 is 2.56 bits per heavy atom. The van der Waals surface area contributed by atoms with Crippen LogP contribution < -0.4 is 15.4 Å². The Morgan fingerprint density at radius 2 is 1.89 bits per heavy atom. The van der Waals surface area contributed by atoms with E-state index < -0.39 is 0 Å². The SMILES string of the molecule is COc1cccc(N(C)c2cc(N)cc(F)c2)c1. The minimum absolute atomic E-state index is 0.347. The number of nitrogens with zero attached hydrogens (tertiary/aromatic N) is 1. The van der Waals surface area contributed by atoms with E-state index in [-0.39, 0.29) is 5.82 Å². The second kappa shape index (κ2) is 4.96. The van der Waals surface area contributed by atoms with Crippen molar-refractivity contribution in [1.82, 2.24) is 0 Å². The van der Waals surface area contributed by atoms with E-state index in [9.17, 15) is 4.39 Å². The third-order valence-electron chi connectivity index (χ3n) is 2.73. The summed E-state index contributed by atoms with van der Waals surface area (Å²) in [4.78, 5) is 1.85. The largest absolute Gasteiger partial charge is 0.497 e. The van der Waals surface area contributed by atoms with Crippen molar-refractivity contribution in [2.24, 2.45) is 0 Å². The number of methoxy groups -OCH3 is 1. The fourth-order valence-corrected chi connectivity index (χ4v) is 1.76. The number of hydrogen-bond donors (Lipinski definition) is 1. The molecule has 0 aromatic heterocycles. The lowest BCUT2D eigenvalue weighted by Gasteiger charge is -2.20. The summed E-state index contributed by atoms with van der Waals surface area (Å²) in [6.07, 6.45) is 0. The van der Waals surface area contributed by atoms with E-state index in [1.165, 1.54) is 12.1 Å². The average molecular weight is 246 g/mol. The number of nitrogens with two attached hydrogens (primary N) is 1. The van der Waals surface area contributed by atoms with Crippen LogP contribution in [0.5, 0.6) is 5.75 Å². The number of hydrogen-bond acceptors (Lipinski definition) is 3. The predicted molar refractivity (Wildman–Crippen MR) is 71.9 cm³/mol. The summed E-state index contributed by atoms with van der Waals surface area (Å²) in [7, 11) is 3.46. The molecule has 0 atom stereocenters. The number of anilines is 3. The molecule has 0 bridgehead atoms. The van der Waals surface area contributed by atoms with E-state index in [0.29, 0.717) is 11.4 Å². The monoisotopic (exact) mass is 246 g/mol. The maximum absolute atomic E-state index is 13.3. The molecule has 0 spiro atoms. The van der Waals surface area contributed by atoms with Gasteiger partial charge in [-0.3, -0.25) is 0 Å². The van der Waals surface area contributed by atoms with Crippen molar-refractivity contribution in [3.8, 4) is 5.75 Å². The number of nitrogen functional groups attached to an aromatic ring is 1. The van der Waals surface area contributed by atoms with E-state index in [0.717, 1.165) is 11.4 Å². The lowest BCUT2D eigenvalue weighted by molar-refractivity contribution is 0.415. The van der Waals surface area contributed by atoms with Crippen molar-refractivity contribution in [2.45, 2.75) is 0 Å². The topological polar surface area (TPSA) is 38.5 Å². The van der Waals surface area contributed by atoms with Gasteiger partial charge in [-0.05, 0) is 30.3 Å². The lowest BCUT2D eigenvalue weighted by Crippen LogP contribution is -2.10. The minimum atomic E-state index is -0.347. The summed E-state index contributed by atoms with van der Waals surface area (Å²) in [6.45, 7) is 0. The molecule has 0 aliphatic carbocycles. The number of rotatable bonds is 3. The fraction of sp³-hybridized carbons (Fsp3) is 0.143. The molecule has 0 radical (unpaired) electrons. The molecule has 2 N–H and O–H groups in total. The Bertz CT molecular complexity index is 537. The molecule has 2 rings (SSSR count). The fourth-order valence-electron chi connectivity index (χ4n) is 1.76. The van der Waals surface area contributed by atoms with Crippen LogP contribution in [0.3, 0.4) is 0 Å². The highest BCUT2D eigenvalue weighted by Gasteiger charge is 2.07. The maximum Gasteiger partial charge on any atom is 0.127 e. The first kappa shape index (κ1) is 12.2. The molecule has 3 nitrogen and oxygen atoms in total. The van der Waals surface area contributed by atoms with Crippen molar-refractivity contribution in [2.75, 3.05) is 24.8 Å². The van der Waals surface area contributed by atoms with Gasteiger partial charge in [0.25, 0.3) is 0 Å². The zero-order valence-electron chi connectivity index (χ0n) is 10.4. The van der Waals surface area contributed by atoms with Crippen LogP contribution in [0.25, 0.3) is 0 Å². The van der Waals surface area contributed by atoms with Crippen molar-refractivity contribution in [3.05, 3.63) is 48.3 Å². The average Bonchev–Trinajstić information content (AvgIpc) is 2.37. The highest BCUT2D eigenvalue weighted by molar-refractivity contribution is 5.67. The summed E-state index contributed by atoms with van der Waals surface area (Å²) >= 11 is 0. The predicted octanol–water partition coefficient (Wildman–Crippen LogP) is 3.18. The lowest BCUT2D eigenvalue weighted by atomic mass is 10.2. The van der Waals surface area contributed by atoms with Gasteiger partial charge in [0, 0.05) is 30.2 Å². The second-order valence-corrected chi connectivity index (χ2v) is 4.00. The Labute approximate surface area is 106 Å². The standard InChI is InChI=1S/C14H15FN2O/c1-17(12-4-3-5-14(9-12)18-2)13-7-10(15)6-11(16)8-13/h3-9H,16H2,1-2H3. The number of benzene rings is 2. The van der Waals surface area contributed by atoms with Gasteiger partial charge in [-0.15, -0.1) is 0 Å². The summed E-state index contributed by atoms with van der Waals surface area (Å²) in [5, 5.41) is 0. The van der Waals surface area contributed by atoms with Crippen molar-refractivity contribution in [3.63, 3.8) is 0 Å². The zero-order chi connectivity index (χ0) is 13.1. The van der Waals surface area contributed by atoms with Gasteiger partial charge in [0.1, 0.15) is 11.6 Å². The summed E-state index contributed by atoms with van der Waals surface area (Å²) in [5.41, 5.74) is 7.64. The zero-order valence-corrected chi connectivity index (χ0v) is 10.4. The molecule has 4 heteroatoms. The van der Waals surface area contributed by atoms with Gasteiger partial charge < -0.3 is 15.4 Å². The molecule has 0 saturated heterocycles. The highest BCUT2D eigenvalue weighted by Crippen LogP contribution is 2.28. The Morgan fingerprint density at radius 1 is 1.11 bits per heavy atom. The van der Waals surface area contributed by atoms with E-state index in [1.807, 2.05) is 36.2 Å². The maximum atomic E-state index is 13.3. The molecule has 0 heterocycles. The van der Waals surface area contributed by atoms with Crippen LogP contribution in [0.4, 0.5) is 21.5 Å². The summed E-state index contributed by atoms with van der Waals surface area (Å²) in [6, 6.07) is 12.0. The van der Waals surface area contributed by atoms with Gasteiger partial charge in [-0.25, -0.2) is 4.39 Å². The Balaban J connectivity index is 2.37. The molecule has 0 fully saturated rings. The molecule has 0 unspecified atom stereocenters. The molecular weight excluding hydrogens is 231 g/mol. The van der Waals surface area contributed by atoms with Gasteiger partial charge in [0.15, 0.2) is 0 Å². The normalized spacial score (nSPS) is 10.2. The Hall–Kier alpha value is -2.23. The molecule has 0 aliphatic rings. The minimum Gasteiger partial charge on any atom is -0.497 e. The summed E-state index contributed by atoms with van der Waals surface area (Å²) < 4.78 is 18.5. The number of ether oxygens (including phenoxy) is 1. The van der Waals surface area contributed by atoms with Crippen LogP contribution >= 0.6 is 0 Å². The first-order valence-corrected chi connectivity index (χ1v) is 5.54. The molecule has 0 aliphatic heterocycles. The molecular formula is C14H15FN2O. The van der Waals surface area contributed by atoms with Gasteiger partial charge in [-0.1, -0.05) is 6.07 Å². The van der Waals surface area contributed by atoms with Crippen LogP contribution in [0, 0.1) is 5.82 Å². The number of halogens is 1. The van der Waals surface area contributed by atoms with E-state index >= 15 is 0 Å². The van der Waals surface area contributed by atoms with Gasteiger partial charge in [-0.2, -0.15) is 0 Å². The quantitative estimate of drug-likeness (QED) is 0.845. The van der Waals surface area contributed by atoms with Crippen LogP contribution in [-0.4, -0.2) is 14.2 Å². The molecule has 2 aromatic carbocycles. The molecule has 94 valence electrons.